The number of fused-ring (bicyclic) bond motifs is 1. The topological polar surface area (TPSA) is 723 Å². The Morgan fingerprint density at radius 3 is 1.71 bits per heavy atom. The van der Waals surface area contributed by atoms with E-state index in [2.05, 4.69) is 84.1 Å². The lowest BCUT2D eigenvalue weighted by Gasteiger charge is -2.33. The first-order valence-electron chi connectivity index (χ1n) is 51.8. The number of primary amides is 1. The molecular weight excluding hydrogens is 1930 g/mol. The Labute approximate surface area is 860 Å². The average molecular weight is 2080 g/mol. The number of hydrogen-bond donors (Lipinski definition) is 21. The number of ketones is 1. The molecule has 7 rings (SSSR count). The maximum Gasteiger partial charge on any atom is 0.317 e. The van der Waals surface area contributed by atoms with Gasteiger partial charge in [-0.1, -0.05) is 114 Å². The number of nitrogens with zero attached hydrogens (tertiary/aromatic N) is 5. The van der Waals surface area contributed by atoms with Crippen LogP contribution in [-0.4, -0.2) is 329 Å². The van der Waals surface area contributed by atoms with E-state index in [0.29, 0.717) is 48.0 Å². The third-order valence-corrected chi connectivity index (χ3v) is 25.9. The van der Waals surface area contributed by atoms with Gasteiger partial charge in [-0.2, -0.15) is 0 Å². The second-order valence-electron chi connectivity index (χ2n) is 37.9. The number of H-pyrrole nitrogens is 1. The number of carbonyl (C=O) groups excluding carboxylic acids is 16. The Hall–Kier alpha value is -13.7. The van der Waals surface area contributed by atoms with Crippen molar-refractivity contribution >= 4 is 148 Å². The van der Waals surface area contributed by atoms with Gasteiger partial charge in [-0.3, -0.25) is 116 Å². The van der Waals surface area contributed by atoms with Crippen molar-refractivity contribution in [1.82, 2.24) is 88.8 Å². The summed E-state index contributed by atoms with van der Waals surface area (Å²) in [6.45, 7) is -0.631. The van der Waals surface area contributed by atoms with Crippen LogP contribution in [0.5, 0.6) is 0 Å². The van der Waals surface area contributed by atoms with Crippen LogP contribution in [0.25, 0.3) is 10.9 Å². The molecule has 5 aliphatic rings. The monoisotopic (exact) mass is 2080 g/mol. The van der Waals surface area contributed by atoms with E-state index >= 15 is 19.2 Å². The van der Waals surface area contributed by atoms with Crippen LogP contribution in [0.3, 0.4) is 0 Å². The van der Waals surface area contributed by atoms with Gasteiger partial charge in [0.1, 0.15) is 78.9 Å². The molecule has 1 aromatic carbocycles. The summed E-state index contributed by atoms with van der Waals surface area (Å²) in [5.74, 6) is -18.2. The van der Waals surface area contributed by atoms with Crippen LogP contribution in [0.4, 0.5) is 0 Å². The lowest BCUT2D eigenvalue weighted by Crippen LogP contribution is -2.60. The van der Waals surface area contributed by atoms with Gasteiger partial charge in [-0.05, 0) is 127 Å². The molecule has 6 heterocycles. The van der Waals surface area contributed by atoms with E-state index in [9.17, 15) is 92.0 Å². The fourth-order valence-electron chi connectivity index (χ4n) is 18.1. The van der Waals surface area contributed by atoms with Crippen molar-refractivity contribution in [2.24, 2.45) is 21.5 Å². The third-order valence-electron chi connectivity index (χ3n) is 25.9. The smallest absolute Gasteiger partial charge is 0.317 e. The number of nitrogens with two attached hydrogens (primary N) is 2. The Balaban J connectivity index is 1.01. The van der Waals surface area contributed by atoms with E-state index in [0.717, 1.165) is 56.3 Å². The van der Waals surface area contributed by atoms with Crippen molar-refractivity contribution in [3.63, 3.8) is 0 Å². The van der Waals surface area contributed by atoms with Crippen molar-refractivity contribution in [2.75, 3.05) is 85.3 Å². The zero-order chi connectivity index (χ0) is 108. The zero-order valence-electron chi connectivity index (χ0n) is 84.7. The molecule has 5 aliphatic heterocycles. The molecule has 2 aromatic rings. The molecule has 0 aliphatic carbocycles. The largest absolute Gasteiger partial charge is 0.481 e. The van der Waals surface area contributed by atoms with Crippen LogP contribution in [-0.2, 0) is 112 Å². The van der Waals surface area contributed by atoms with E-state index in [-0.39, 0.29) is 199 Å². The molecule has 0 radical (unpaired) electrons. The molecule has 48 nitrogen and oxygen atoms in total. The van der Waals surface area contributed by atoms with Crippen LogP contribution in [0.2, 0.25) is 0 Å². The molecule has 11 atom stereocenters. The molecule has 148 heavy (non-hydrogen) atoms. The number of aromatic amines is 1. The summed E-state index contributed by atoms with van der Waals surface area (Å²) >= 11 is 0. The quantitative estimate of drug-likeness (QED) is 0.0252. The minimum absolute atomic E-state index is 0.000768. The molecule has 0 spiro atoms. The summed E-state index contributed by atoms with van der Waals surface area (Å²) in [7, 11) is 0. The number of aliphatic carboxylic acids is 4. The normalized spacial score (nSPS) is 19.3. The van der Waals surface area contributed by atoms with Crippen molar-refractivity contribution in [3.05, 3.63) is 59.6 Å². The van der Waals surface area contributed by atoms with Gasteiger partial charge in [-0.15, -0.1) is 0 Å². The predicted octanol–water partition coefficient (Wildman–Crippen LogP) is 1.24. The van der Waals surface area contributed by atoms with Crippen molar-refractivity contribution in [2.45, 2.75) is 330 Å². The van der Waals surface area contributed by atoms with Crippen LogP contribution in [0.15, 0.2) is 64.0 Å². The molecular formula is C100H152N22O26. The Morgan fingerprint density at radius 1 is 0.520 bits per heavy atom. The number of aromatic nitrogens is 1. The van der Waals surface area contributed by atoms with Gasteiger partial charge in [0.15, 0.2) is 5.96 Å². The number of unbranched alkanes of at least 4 members (excludes halogenated alkanes) is 15. The number of rotatable bonds is 64. The third kappa shape index (κ3) is 46.6. The molecule has 48 heteroatoms. The molecule has 1 aromatic heterocycles. The van der Waals surface area contributed by atoms with Gasteiger partial charge >= 0.3 is 23.9 Å². The fraction of sp³-hybridized carbons (Fsp3) is 0.650. The van der Waals surface area contributed by atoms with Crippen LogP contribution >= 0.6 is 0 Å². The highest BCUT2D eigenvalue weighted by Crippen LogP contribution is 2.29. The number of amides is 15. The number of aliphatic imine (C=N–C) groups is 2. The lowest BCUT2D eigenvalue weighted by atomic mass is 9.99. The number of hydrogen-bond acceptors (Lipinski definition) is 26. The number of carbonyl (C=O) groups is 20. The van der Waals surface area contributed by atoms with Gasteiger partial charge in [0.2, 0.25) is 88.6 Å². The van der Waals surface area contributed by atoms with Crippen LogP contribution < -0.4 is 80.6 Å². The number of carboxylic acids is 4. The van der Waals surface area contributed by atoms with Gasteiger partial charge in [0, 0.05) is 145 Å². The average Bonchev–Trinajstić information content (AvgIpc) is 1.66. The highest BCUT2D eigenvalue weighted by molar-refractivity contribution is 6.02. The van der Waals surface area contributed by atoms with Crippen LogP contribution in [0.1, 0.15) is 263 Å². The number of nitrogens with one attached hydrogen (secondary N) is 15. The summed E-state index contributed by atoms with van der Waals surface area (Å²) in [6.07, 6.45) is 22.0. The number of para-hydroxylation sites is 1. The number of benzene rings is 1. The van der Waals surface area contributed by atoms with Gasteiger partial charge in [-0.25, -0.2) is 0 Å². The minimum atomic E-state index is -1.80. The molecule has 0 bridgehead atoms. The molecule has 15 amide bonds. The zero-order valence-corrected chi connectivity index (χ0v) is 84.7. The SMILES string of the molecule is CC(=O)N[C@H]1CCCCC(=O)C[C@@H](C(=O)N2CCC[C@H]2C(=O)N2CCC[C@H]2C(=O)N[C@@H](CC2=CCC=N2)C(=O)N[C@@H](CCC(=O)O)C(=O)N[C@@H](CCCCN(CC(=O)O)CC(=O)O)C(=O)N[C@@H](CCCCNC(=O)COCCOCCNC(=O)CCCCCCCCCCCCCCCCC(=O)O)C(N)=O)NC(=O)[C@H](Cc2c[nH]c3ccccc23)NC(=O)[C@H](CCCNC(=N)N)NC(=O)CNC(=O)[C@H](CC2=CCC=N2)NC1=O. The number of carboxylic acid groups (broad SMARTS) is 4. The summed E-state index contributed by atoms with van der Waals surface area (Å²) in [6, 6.07) is -9.56. The minimum Gasteiger partial charge on any atom is -0.481 e. The summed E-state index contributed by atoms with van der Waals surface area (Å²) in [5, 5.41) is 80.6. The molecule has 3 fully saturated rings. The number of Topliss-reactive ketones (excluding diaryl/α,β-unsaturated/α-hetero) is 1. The summed E-state index contributed by atoms with van der Waals surface area (Å²) in [5.41, 5.74) is 13.3. The Kier molecular flexibility index (Phi) is 55.1. The summed E-state index contributed by atoms with van der Waals surface area (Å²) in [4.78, 5) is 290. The second-order valence-corrected chi connectivity index (χ2v) is 37.9. The van der Waals surface area contributed by atoms with E-state index in [1.165, 1.54) is 61.5 Å². The first kappa shape index (κ1) is 121. The first-order chi connectivity index (χ1) is 71.0. The van der Waals surface area contributed by atoms with E-state index in [1.807, 2.05) is 0 Å². The Bertz CT molecular complexity index is 4930. The molecule has 0 unspecified atom stereocenters. The number of guanidine groups is 1. The molecule has 3 saturated heterocycles. The highest BCUT2D eigenvalue weighted by Gasteiger charge is 2.46. The molecule has 0 saturated carbocycles. The van der Waals surface area contributed by atoms with Crippen molar-refractivity contribution in [3.8, 4) is 0 Å². The van der Waals surface area contributed by atoms with E-state index in [1.54, 1.807) is 48.8 Å². The predicted molar refractivity (Wildman–Crippen MR) is 541 cm³/mol. The van der Waals surface area contributed by atoms with Crippen LogP contribution in [0, 0.1) is 5.41 Å². The standard InChI is InChI=1S/C100H152N22O26/c1-64(123)111-72-35-18-16-31-68(124)58-79(119-95(142)76(55-65-59-109-70-33-19-17-32-69(65)70)116-92(139)73(37-26-47-108-100(102)103)112-83(126)60-110-90(137)77(117-91(72)138)56-66-29-24-45-104-66)98(145)122-51-28-39-81(122)99(146)121-50-27-38-80(121)97(144)118-78(57-67-30-25-46-105-67)96(143)115-75(42-43-86(130)131)94(141)114-74(36-21-23-49-120(61-87(132)133)62-88(134)135)93(140)113-71(89(101)136)34-20-22-44-106-84(127)63-148-54-53-147-52-48-107-82(125)40-14-12-10-8-6-4-2-3-5-7-9-11-13-15-41-85(128)129/h17,19,29-30,32-33,45-46,59,71-81,109H,2-16,18,20-28,31,34-44,47-58,60-63H2,1H3,(H2,101,136)(H,106,127)(H,107,125)(H,110,137)(H,111,123)(H,112,126)(H,113,140)(H,114,141)(H,115,143)(H,116,139)(H,117,138)(H,118,144)(H,119,142)(H,128,129)(H,130,131)(H,132,133)(H,134,135)(H4,102,103,108)/t71-,72-,73-,74-,75-,76-,77-,78-,79-,80-,81-/m0/s1. The van der Waals surface area contributed by atoms with Gasteiger partial charge in [0.05, 0.1) is 39.5 Å². The van der Waals surface area contributed by atoms with Crippen molar-refractivity contribution in [1.29, 1.82) is 5.41 Å². The fourth-order valence-corrected chi connectivity index (χ4v) is 18.1. The van der Waals surface area contributed by atoms with Crippen molar-refractivity contribution < 1.29 is 126 Å². The summed E-state index contributed by atoms with van der Waals surface area (Å²) < 4.78 is 11.0. The molecule has 818 valence electrons. The van der Waals surface area contributed by atoms with E-state index < -0.39 is 224 Å². The van der Waals surface area contributed by atoms with Gasteiger partial charge in [0.25, 0.3) is 0 Å². The number of allylic oxidation sites excluding steroid dienone is 2. The molecule has 23 N–H and O–H groups in total. The first-order valence-corrected chi connectivity index (χ1v) is 51.8. The number of ether oxygens (including phenoxy) is 2. The van der Waals surface area contributed by atoms with E-state index in [4.69, 9.17) is 31.5 Å². The Morgan fingerprint density at radius 2 is 1.08 bits per heavy atom. The number of likely N-dealkylation sites (tertiary alicyclic amines) is 2. The second kappa shape index (κ2) is 67.2. The lowest BCUT2D eigenvalue weighted by molar-refractivity contribution is -0.148. The maximum atomic E-state index is 15.7. The highest BCUT2D eigenvalue weighted by atomic mass is 16.5. The maximum absolute atomic E-state index is 15.7. The van der Waals surface area contributed by atoms with Gasteiger partial charge < -0.3 is 125 Å².